The number of carbonyl (C=O) groups excluding carboxylic acids is 4. The molecule has 1 aliphatic carbocycles. The quantitative estimate of drug-likeness (QED) is 0.617. The molecule has 0 spiro atoms. The Hall–Kier alpha value is -1.92. The lowest BCUT2D eigenvalue weighted by atomic mass is 9.85. The van der Waals surface area contributed by atoms with Crippen molar-refractivity contribution in [3.63, 3.8) is 0 Å². The number of rotatable bonds is 4. The van der Waals surface area contributed by atoms with Crippen molar-refractivity contribution in [2.24, 2.45) is 5.92 Å². The van der Waals surface area contributed by atoms with Gasteiger partial charge in [0, 0.05) is 12.1 Å². The van der Waals surface area contributed by atoms with Crippen molar-refractivity contribution in [2.45, 2.75) is 58.5 Å². The molecule has 1 aliphatic heterocycles. The van der Waals surface area contributed by atoms with Crippen LogP contribution in [0.2, 0.25) is 0 Å². The van der Waals surface area contributed by atoms with E-state index in [1.165, 1.54) is 0 Å². The molecule has 1 saturated heterocycles. The molecule has 2 fully saturated rings. The molecule has 0 radical (unpaired) electrons. The third-order valence-electron chi connectivity index (χ3n) is 4.23. The van der Waals surface area contributed by atoms with Crippen LogP contribution in [0.25, 0.3) is 0 Å². The Kier molecular flexibility index (Phi) is 4.83. The van der Waals surface area contributed by atoms with Crippen molar-refractivity contribution in [1.82, 2.24) is 15.1 Å². The zero-order valence-corrected chi connectivity index (χ0v) is 13.3. The molecule has 7 nitrogen and oxygen atoms in total. The molecule has 2 aliphatic rings. The fraction of sp³-hybridized carbons (Fsp3) is 0.733. The van der Waals surface area contributed by atoms with Gasteiger partial charge in [0.05, 0.1) is 0 Å². The molecule has 1 saturated carbocycles. The van der Waals surface area contributed by atoms with Crippen molar-refractivity contribution in [1.29, 1.82) is 0 Å². The molecule has 1 N–H and O–H groups in total. The molecule has 5 amide bonds. The maximum absolute atomic E-state index is 12.4. The number of hydrogen-bond donors (Lipinski definition) is 1. The molecule has 2 rings (SSSR count). The molecule has 1 heterocycles. The minimum absolute atomic E-state index is 0.0921. The minimum atomic E-state index is -0.901. The summed E-state index contributed by atoms with van der Waals surface area (Å²) < 4.78 is 0. The number of nitrogens with one attached hydrogen (secondary N) is 1. The molecule has 0 unspecified atom stereocenters. The molecule has 0 aromatic carbocycles. The maximum atomic E-state index is 12.4. The van der Waals surface area contributed by atoms with E-state index >= 15 is 0 Å². The number of amides is 5. The number of imide groups is 2. The minimum Gasteiger partial charge on any atom is -0.352 e. The average molecular weight is 309 g/mol. The van der Waals surface area contributed by atoms with Gasteiger partial charge in [0.15, 0.2) is 0 Å². The molecule has 0 bridgehead atoms. The fourth-order valence-electron chi connectivity index (χ4n) is 3.15. The second-order valence-electron chi connectivity index (χ2n) is 6.40. The van der Waals surface area contributed by atoms with Gasteiger partial charge in [-0.2, -0.15) is 0 Å². The van der Waals surface area contributed by atoms with Gasteiger partial charge < -0.3 is 5.32 Å². The summed E-state index contributed by atoms with van der Waals surface area (Å²) in [7, 11) is 0. The highest BCUT2D eigenvalue weighted by atomic mass is 16.2. The van der Waals surface area contributed by atoms with Gasteiger partial charge in [0.1, 0.15) is 6.54 Å². The van der Waals surface area contributed by atoms with Crippen LogP contribution in [-0.2, 0) is 14.4 Å². The van der Waals surface area contributed by atoms with Crippen LogP contribution in [0.4, 0.5) is 4.79 Å². The first-order valence-electron chi connectivity index (χ1n) is 7.81. The summed E-state index contributed by atoms with van der Waals surface area (Å²) in [6.45, 7) is 5.15. The summed E-state index contributed by atoms with van der Waals surface area (Å²) in [5.41, 5.74) is 0. The number of nitrogens with zero attached hydrogens (tertiary/aromatic N) is 2. The number of carbonyl (C=O) groups is 4. The van der Waals surface area contributed by atoms with E-state index in [2.05, 4.69) is 5.32 Å². The van der Waals surface area contributed by atoms with Crippen LogP contribution < -0.4 is 5.32 Å². The molecule has 7 heteroatoms. The zero-order chi connectivity index (χ0) is 16.4. The van der Waals surface area contributed by atoms with Crippen LogP contribution in [0.1, 0.15) is 46.5 Å². The lowest BCUT2D eigenvalue weighted by Crippen LogP contribution is -2.47. The zero-order valence-electron chi connectivity index (χ0n) is 13.3. The summed E-state index contributed by atoms with van der Waals surface area (Å²) in [6, 6.07) is -0.992. The van der Waals surface area contributed by atoms with E-state index in [-0.39, 0.29) is 18.0 Å². The van der Waals surface area contributed by atoms with Gasteiger partial charge in [-0.15, -0.1) is 0 Å². The van der Waals surface area contributed by atoms with Gasteiger partial charge in [-0.3, -0.25) is 19.3 Å². The van der Waals surface area contributed by atoms with Crippen LogP contribution in [0.3, 0.4) is 0 Å². The van der Waals surface area contributed by atoms with E-state index in [9.17, 15) is 19.2 Å². The Balaban J connectivity index is 2.12. The molecular formula is C15H23N3O4. The fourth-order valence-corrected chi connectivity index (χ4v) is 3.15. The third-order valence-corrected chi connectivity index (χ3v) is 4.23. The smallest absolute Gasteiger partial charge is 0.334 e. The van der Waals surface area contributed by atoms with Gasteiger partial charge in [-0.1, -0.05) is 19.8 Å². The SMILES string of the molecule is CC(C)NC(=O)CN1C(=O)C(=O)N([C@H]2CCCC[C@H]2C)C1=O. The molecule has 2 atom stereocenters. The average Bonchev–Trinajstić information content (AvgIpc) is 2.63. The van der Waals surface area contributed by atoms with Crippen LogP contribution in [0.5, 0.6) is 0 Å². The van der Waals surface area contributed by atoms with Gasteiger partial charge >= 0.3 is 17.8 Å². The Labute approximate surface area is 130 Å². The molecule has 22 heavy (non-hydrogen) atoms. The van der Waals surface area contributed by atoms with Gasteiger partial charge in [-0.25, -0.2) is 9.69 Å². The summed E-state index contributed by atoms with van der Waals surface area (Å²) in [5.74, 6) is -1.97. The van der Waals surface area contributed by atoms with E-state index in [4.69, 9.17) is 0 Å². The number of hydrogen-bond acceptors (Lipinski definition) is 4. The molecule has 0 aromatic heterocycles. The Morgan fingerprint density at radius 1 is 1.18 bits per heavy atom. The Morgan fingerprint density at radius 2 is 1.82 bits per heavy atom. The van der Waals surface area contributed by atoms with E-state index in [0.717, 1.165) is 35.5 Å². The van der Waals surface area contributed by atoms with Crippen molar-refractivity contribution in [3.05, 3.63) is 0 Å². The molecular weight excluding hydrogens is 286 g/mol. The van der Waals surface area contributed by atoms with Gasteiger partial charge in [0.2, 0.25) is 5.91 Å². The Bertz CT molecular complexity index is 503. The second-order valence-corrected chi connectivity index (χ2v) is 6.40. The van der Waals surface area contributed by atoms with Crippen LogP contribution >= 0.6 is 0 Å². The lowest BCUT2D eigenvalue weighted by Gasteiger charge is -2.34. The van der Waals surface area contributed by atoms with Gasteiger partial charge in [-0.05, 0) is 32.6 Å². The first-order chi connectivity index (χ1) is 10.3. The van der Waals surface area contributed by atoms with Crippen LogP contribution in [-0.4, -0.2) is 52.2 Å². The van der Waals surface area contributed by atoms with Crippen LogP contribution in [0, 0.1) is 5.92 Å². The number of urea groups is 1. The Morgan fingerprint density at radius 3 is 2.41 bits per heavy atom. The molecule has 0 aromatic rings. The summed E-state index contributed by atoms with van der Waals surface area (Å²) in [6.07, 6.45) is 3.66. The first-order valence-corrected chi connectivity index (χ1v) is 7.81. The predicted octanol–water partition coefficient (Wildman–Crippen LogP) is 0.880. The van der Waals surface area contributed by atoms with E-state index < -0.39 is 30.3 Å². The summed E-state index contributed by atoms with van der Waals surface area (Å²) >= 11 is 0. The van der Waals surface area contributed by atoms with Crippen molar-refractivity contribution < 1.29 is 19.2 Å². The first kappa shape index (κ1) is 16.5. The van der Waals surface area contributed by atoms with Crippen LogP contribution in [0.15, 0.2) is 0 Å². The summed E-state index contributed by atoms with van der Waals surface area (Å²) in [5, 5.41) is 2.61. The topological polar surface area (TPSA) is 86.8 Å². The van der Waals surface area contributed by atoms with Crippen molar-refractivity contribution in [3.8, 4) is 0 Å². The highest BCUT2D eigenvalue weighted by Gasteiger charge is 2.49. The standard InChI is InChI=1S/C15H23N3O4/c1-9(2)16-12(19)8-17-13(20)14(21)18(15(17)22)11-7-5-4-6-10(11)3/h9-11H,4-8H2,1-3H3,(H,16,19)/t10-,11+/m1/s1. The highest BCUT2D eigenvalue weighted by Crippen LogP contribution is 2.31. The largest absolute Gasteiger partial charge is 0.352 e. The lowest BCUT2D eigenvalue weighted by molar-refractivity contribution is -0.145. The second kappa shape index (κ2) is 6.46. The van der Waals surface area contributed by atoms with Crippen molar-refractivity contribution in [2.75, 3.05) is 6.54 Å². The van der Waals surface area contributed by atoms with Crippen molar-refractivity contribution >= 4 is 23.8 Å². The highest BCUT2D eigenvalue weighted by molar-refractivity contribution is 6.45. The third kappa shape index (κ3) is 3.13. The molecule has 122 valence electrons. The van der Waals surface area contributed by atoms with Gasteiger partial charge in [0.25, 0.3) is 0 Å². The predicted molar refractivity (Wildman–Crippen MR) is 78.7 cm³/mol. The van der Waals surface area contributed by atoms with E-state index in [1.807, 2.05) is 6.92 Å². The normalized spacial score (nSPS) is 26.1. The monoisotopic (exact) mass is 309 g/mol. The maximum Gasteiger partial charge on any atom is 0.334 e. The van der Waals surface area contributed by atoms with E-state index in [0.29, 0.717) is 0 Å². The summed E-state index contributed by atoms with van der Waals surface area (Å²) in [4.78, 5) is 50.2. The van der Waals surface area contributed by atoms with E-state index in [1.54, 1.807) is 13.8 Å².